The van der Waals surface area contributed by atoms with Crippen molar-refractivity contribution in [2.24, 2.45) is 0 Å². The number of aliphatic carboxylic acids is 1. The van der Waals surface area contributed by atoms with Gasteiger partial charge < -0.3 is 19.9 Å². The van der Waals surface area contributed by atoms with Gasteiger partial charge in [0.1, 0.15) is 17.6 Å². The minimum atomic E-state index is -0.951. The molecule has 0 spiro atoms. The number of aryl methyl sites for hydroxylation is 1. The molecule has 0 amide bonds. The SMILES string of the molecule is Cc1ccc(C(O)CNCC(=O)O)o1. The molecule has 0 radical (unpaired) electrons. The van der Waals surface area contributed by atoms with Crippen LogP contribution in [0.2, 0.25) is 0 Å². The van der Waals surface area contributed by atoms with Crippen LogP contribution in [-0.4, -0.2) is 29.3 Å². The van der Waals surface area contributed by atoms with Crippen molar-refractivity contribution in [2.75, 3.05) is 13.1 Å². The average molecular weight is 199 g/mol. The Morgan fingerprint density at radius 3 is 2.86 bits per heavy atom. The summed E-state index contributed by atoms with van der Waals surface area (Å²) in [4.78, 5) is 10.2. The summed E-state index contributed by atoms with van der Waals surface area (Å²) in [5.74, 6) is 0.213. The summed E-state index contributed by atoms with van der Waals surface area (Å²) >= 11 is 0. The molecule has 0 saturated carbocycles. The van der Waals surface area contributed by atoms with Gasteiger partial charge in [-0.05, 0) is 19.1 Å². The standard InChI is InChI=1S/C9H13NO4/c1-6-2-3-8(14-6)7(11)4-10-5-9(12)13/h2-3,7,10-11H,4-5H2,1H3,(H,12,13). The van der Waals surface area contributed by atoms with Gasteiger partial charge in [0.05, 0.1) is 6.54 Å². The molecule has 1 heterocycles. The number of carboxylic acids is 1. The first-order chi connectivity index (χ1) is 6.59. The normalized spacial score (nSPS) is 12.7. The van der Waals surface area contributed by atoms with Crippen LogP contribution in [-0.2, 0) is 4.79 Å². The Morgan fingerprint density at radius 1 is 1.64 bits per heavy atom. The second-order valence-corrected chi connectivity index (χ2v) is 2.99. The second kappa shape index (κ2) is 4.78. The van der Waals surface area contributed by atoms with Crippen LogP contribution in [0.25, 0.3) is 0 Å². The molecule has 5 heteroatoms. The molecule has 0 bridgehead atoms. The highest BCUT2D eigenvalue weighted by atomic mass is 16.4. The zero-order valence-electron chi connectivity index (χ0n) is 7.86. The van der Waals surface area contributed by atoms with Crippen LogP contribution in [0, 0.1) is 6.92 Å². The highest BCUT2D eigenvalue weighted by Crippen LogP contribution is 2.14. The smallest absolute Gasteiger partial charge is 0.317 e. The largest absolute Gasteiger partial charge is 0.480 e. The summed E-state index contributed by atoms with van der Waals surface area (Å²) in [5.41, 5.74) is 0. The van der Waals surface area contributed by atoms with E-state index in [-0.39, 0.29) is 13.1 Å². The zero-order chi connectivity index (χ0) is 10.6. The van der Waals surface area contributed by atoms with E-state index in [9.17, 15) is 9.90 Å². The summed E-state index contributed by atoms with van der Waals surface area (Å²) < 4.78 is 5.17. The van der Waals surface area contributed by atoms with Gasteiger partial charge in [-0.3, -0.25) is 4.79 Å². The Bertz CT molecular complexity index is 308. The maximum Gasteiger partial charge on any atom is 0.317 e. The van der Waals surface area contributed by atoms with Gasteiger partial charge in [0, 0.05) is 6.54 Å². The average Bonchev–Trinajstić information content (AvgIpc) is 2.51. The lowest BCUT2D eigenvalue weighted by molar-refractivity contribution is -0.136. The number of carbonyl (C=O) groups is 1. The van der Waals surface area contributed by atoms with Crippen LogP contribution in [0.4, 0.5) is 0 Å². The fourth-order valence-corrected chi connectivity index (χ4v) is 1.05. The van der Waals surface area contributed by atoms with E-state index in [1.165, 1.54) is 0 Å². The molecule has 14 heavy (non-hydrogen) atoms. The Morgan fingerprint density at radius 2 is 2.36 bits per heavy atom. The van der Waals surface area contributed by atoms with Gasteiger partial charge >= 0.3 is 5.97 Å². The fraction of sp³-hybridized carbons (Fsp3) is 0.444. The first kappa shape index (κ1) is 10.7. The first-order valence-corrected chi connectivity index (χ1v) is 4.26. The van der Waals surface area contributed by atoms with Gasteiger partial charge in [0.15, 0.2) is 0 Å². The lowest BCUT2D eigenvalue weighted by Crippen LogP contribution is -2.27. The highest BCUT2D eigenvalue weighted by molar-refractivity contribution is 5.68. The van der Waals surface area contributed by atoms with E-state index in [1.807, 2.05) is 0 Å². The molecule has 78 valence electrons. The monoisotopic (exact) mass is 199 g/mol. The second-order valence-electron chi connectivity index (χ2n) is 2.99. The molecule has 0 aromatic carbocycles. The topological polar surface area (TPSA) is 82.7 Å². The summed E-state index contributed by atoms with van der Waals surface area (Å²) in [7, 11) is 0. The summed E-state index contributed by atoms with van der Waals surface area (Å²) in [6.07, 6.45) is -0.803. The molecular formula is C9H13NO4. The maximum absolute atomic E-state index is 10.2. The highest BCUT2D eigenvalue weighted by Gasteiger charge is 2.11. The number of aliphatic hydroxyl groups excluding tert-OH is 1. The summed E-state index contributed by atoms with van der Waals surface area (Å²) in [6, 6.07) is 3.41. The molecule has 0 aliphatic heterocycles. The Labute approximate surface area is 81.4 Å². The third-order valence-corrected chi connectivity index (χ3v) is 1.70. The van der Waals surface area contributed by atoms with Crippen molar-refractivity contribution in [3.63, 3.8) is 0 Å². The van der Waals surface area contributed by atoms with E-state index in [2.05, 4.69) is 5.32 Å². The molecule has 1 rings (SSSR count). The van der Waals surface area contributed by atoms with Crippen LogP contribution < -0.4 is 5.32 Å². The molecule has 5 nitrogen and oxygen atoms in total. The van der Waals surface area contributed by atoms with E-state index in [1.54, 1.807) is 19.1 Å². The molecule has 3 N–H and O–H groups in total. The van der Waals surface area contributed by atoms with E-state index < -0.39 is 12.1 Å². The number of carboxylic acid groups (broad SMARTS) is 1. The van der Waals surface area contributed by atoms with Gasteiger partial charge in [-0.2, -0.15) is 0 Å². The summed E-state index contributed by atoms with van der Waals surface area (Å²) in [6.45, 7) is 1.77. The van der Waals surface area contributed by atoms with Gasteiger partial charge in [0.2, 0.25) is 0 Å². The Balaban J connectivity index is 2.35. The zero-order valence-corrected chi connectivity index (χ0v) is 7.86. The van der Waals surface area contributed by atoms with Crippen LogP contribution in [0.1, 0.15) is 17.6 Å². The van der Waals surface area contributed by atoms with Gasteiger partial charge in [-0.25, -0.2) is 0 Å². The molecule has 1 atom stereocenters. The lowest BCUT2D eigenvalue weighted by atomic mass is 10.3. The van der Waals surface area contributed by atoms with Crippen molar-refractivity contribution < 1.29 is 19.4 Å². The van der Waals surface area contributed by atoms with E-state index in [0.717, 1.165) is 5.76 Å². The summed E-state index contributed by atoms with van der Waals surface area (Å²) in [5, 5.41) is 20.4. The molecule has 1 aromatic heterocycles. The van der Waals surface area contributed by atoms with Crippen LogP contribution in [0.15, 0.2) is 16.5 Å². The number of rotatable bonds is 5. The van der Waals surface area contributed by atoms with Crippen LogP contribution in [0.5, 0.6) is 0 Å². The third kappa shape index (κ3) is 3.20. The van der Waals surface area contributed by atoms with Gasteiger partial charge in [-0.1, -0.05) is 0 Å². The maximum atomic E-state index is 10.2. The third-order valence-electron chi connectivity index (χ3n) is 1.70. The molecule has 0 fully saturated rings. The van der Waals surface area contributed by atoms with Crippen molar-refractivity contribution >= 4 is 5.97 Å². The number of aliphatic hydroxyl groups is 1. The van der Waals surface area contributed by atoms with E-state index in [0.29, 0.717) is 5.76 Å². The van der Waals surface area contributed by atoms with Gasteiger partial charge in [-0.15, -0.1) is 0 Å². The quantitative estimate of drug-likeness (QED) is 0.635. The van der Waals surface area contributed by atoms with Gasteiger partial charge in [0.25, 0.3) is 0 Å². The number of nitrogens with one attached hydrogen (secondary N) is 1. The van der Waals surface area contributed by atoms with Crippen molar-refractivity contribution in [1.82, 2.24) is 5.32 Å². The van der Waals surface area contributed by atoms with E-state index >= 15 is 0 Å². The van der Waals surface area contributed by atoms with E-state index in [4.69, 9.17) is 9.52 Å². The Kier molecular flexibility index (Phi) is 3.67. The van der Waals surface area contributed by atoms with Crippen LogP contribution in [0.3, 0.4) is 0 Å². The lowest BCUT2D eigenvalue weighted by Gasteiger charge is -2.07. The molecule has 1 aromatic rings. The molecule has 0 saturated heterocycles. The fourth-order valence-electron chi connectivity index (χ4n) is 1.05. The first-order valence-electron chi connectivity index (χ1n) is 4.26. The number of hydrogen-bond acceptors (Lipinski definition) is 4. The number of hydrogen-bond donors (Lipinski definition) is 3. The molecule has 1 unspecified atom stereocenters. The minimum absolute atomic E-state index is 0.166. The predicted octanol–water partition coefficient (Wildman–Crippen LogP) is 0.296. The van der Waals surface area contributed by atoms with Crippen molar-refractivity contribution in [3.05, 3.63) is 23.7 Å². The minimum Gasteiger partial charge on any atom is -0.480 e. The molecule has 0 aliphatic carbocycles. The van der Waals surface area contributed by atoms with Crippen molar-refractivity contribution in [2.45, 2.75) is 13.0 Å². The number of furan rings is 1. The van der Waals surface area contributed by atoms with Crippen LogP contribution >= 0.6 is 0 Å². The van der Waals surface area contributed by atoms with Crippen molar-refractivity contribution in [1.29, 1.82) is 0 Å². The molecular weight excluding hydrogens is 186 g/mol. The van der Waals surface area contributed by atoms with Crippen molar-refractivity contribution in [3.8, 4) is 0 Å². The molecule has 0 aliphatic rings. The predicted molar refractivity (Wildman–Crippen MR) is 48.9 cm³/mol. The Hall–Kier alpha value is -1.33.